The normalized spacial score (nSPS) is 21.5. The van der Waals surface area contributed by atoms with Crippen LogP contribution in [-0.2, 0) is 14.8 Å². The van der Waals surface area contributed by atoms with Crippen LogP contribution < -0.4 is 5.32 Å². The van der Waals surface area contributed by atoms with E-state index >= 15 is 0 Å². The molecule has 1 saturated carbocycles. The number of sulfonamides is 1. The van der Waals surface area contributed by atoms with E-state index in [2.05, 4.69) is 5.32 Å². The summed E-state index contributed by atoms with van der Waals surface area (Å²) in [5.41, 5.74) is 1.00. The highest BCUT2D eigenvalue weighted by Crippen LogP contribution is 2.38. The van der Waals surface area contributed by atoms with E-state index in [4.69, 9.17) is 23.2 Å². The maximum atomic E-state index is 13.2. The molecule has 1 saturated heterocycles. The van der Waals surface area contributed by atoms with Gasteiger partial charge in [0.2, 0.25) is 15.9 Å². The Morgan fingerprint density at radius 2 is 2.04 bits per heavy atom. The van der Waals surface area contributed by atoms with Gasteiger partial charge in [-0.1, -0.05) is 23.2 Å². The Bertz CT molecular complexity index is 784. The maximum Gasteiger partial charge on any atom is 0.246 e. The van der Waals surface area contributed by atoms with Gasteiger partial charge >= 0.3 is 0 Å². The molecule has 2 fully saturated rings. The Balaban J connectivity index is 1.92. The van der Waals surface area contributed by atoms with Gasteiger partial charge in [-0.15, -0.1) is 11.8 Å². The van der Waals surface area contributed by atoms with Gasteiger partial charge in [0.05, 0.1) is 10.9 Å². The van der Waals surface area contributed by atoms with E-state index in [9.17, 15) is 13.2 Å². The molecule has 0 aromatic heterocycles. The summed E-state index contributed by atoms with van der Waals surface area (Å²) in [5, 5.41) is 3.39. The lowest BCUT2D eigenvalue weighted by atomic mass is 10.2. The average Bonchev–Trinajstić information content (AvgIpc) is 3.23. The number of benzene rings is 1. The van der Waals surface area contributed by atoms with Crippen molar-refractivity contribution in [2.45, 2.75) is 37.6 Å². The fourth-order valence-corrected chi connectivity index (χ4v) is 7.11. The van der Waals surface area contributed by atoms with Gasteiger partial charge in [-0.3, -0.25) is 4.79 Å². The zero-order valence-corrected chi connectivity index (χ0v) is 17.2. The minimum atomic E-state index is -3.93. The lowest BCUT2D eigenvalue weighted by molar-refractivity contribution is -0.123. The molecule has 0 radical (unpaired) electrons. The number of hydrogen-bond acceptors (Lipinski definition) is 4. The van der Waals surface area contributed by atoms with E-state index in [1.807, 2.05) is 0 Å². The second-order valence-electron chi connectivity index (χ2n) is 6.54. The van der Waals surface area contributed by atoms with Gasteiger partial charge in [0.1, 0.15) is 10.9 Å². The summed E-state index contributed by atoms with van der Waals surface area (Å²) in [6.45, 7) is 3.96. The Morgan fingerprint density at radius 3 is 2.68 bits per heavy atom. The quantitative estimate of drug-likeness (QED) is 0.790. The Kier molecular flexibility index (Phi) is 5.61. The van der Waals surface area contributed by atoms with E-state index in [1.165, 1.54) is 16.1 Å². The molecule has 9 heteroatoms. The van der Waals surface area contributed by atoms with Gasteiger partial charge in [-0.25, -0.2) is 8.42 Å². The highest BCUT2D eigenvalue weighted by Gasteiger charge is 2.42. The molecular formula is C16H20Cl2N2O3S2. The third kappa shape index (κ3) is 3.81. The Labute approximate surface area is 162 Å². The Hall–Kier alpha value is -0.470. The van der Waals surface area contributed by atoms with Gasteiger partial charge in [-0.2, -0.15) is 4.31 Å². The Morgan fingerprint density at radius 1 is 1.36 bits per heavy atom. The minimum absolute atomic E-state index is 0.00154. The van der Waals surface area contributed by atoms with Crippen molar-refractivity contribution in [1.29, 1.82) is 0 Å². The molecule has 1 unspecified atom stereocenters. The molecule has 1 heterocycles. The smallest absolute Gasteiger partial charge is 0.246 e. The number of rotatable bonds is 5. The molecule has 1 aliphatic heterocycles. The number of nitrogens with one attached hydrogen (secondary N) is 1. The van der Waals surface area contributed by atoms with E-state index in [0.29, 0.717) is 34.4 Å². The first-order chi connectivity index (χ1) is 11.7. The summed E-state index contributed by atoms with van der Waals surface area (Å²) in [6.07, 6.45) is 2.25. The second kappa shape index (κ2) is 7.27. The number of carbonyl (C=O) groups excluding carboxylic acids is 1. The summed E-state index contributed by atoms with van der Waals surface area (Å²) in [6, 6.07) is 0.931. The third-order valence-electron chi connectivity index (χ3n) is 4.56. The van der Waals surface area contributed by atoms with Crippen LogP contribution in [0.25, 0.3) is 0 Å². The molecule has 138 valence electrons. The lowest BCUT2D eigenvalue weighted by Gasteiger charge is -2.24. The molecule has 1 aromatic rings. The maximum absolute atomic E-state index is 13.2. The average molecular weight is 423 g/mol. The second-order valence-corrected chi connectivity index (χ2v) is 10.2. The van der Waals surface area contributed by atoms with Crippen molar-refractivity contribution < 1.29 is 13.2 Å². The number of thioether (sulfide) groups is 1. The largest absolute Gasteiger partial charge is 0.354 e. The fourth-order valence-electron chi connectivity index (χ4n) is 2.79. The number of nitrogens with zero attached hydrogens (tertiary/aromatic N) is 1. The molecule has 3 rings (SSSR count). The predicted octanol–water partition coefficient (Wildman–Crippen LogP) is 3.20. The van der Waals surface area contributed by atoms with Crippen LogP contribution in [-0.4, -0.2) is 42.8 Å². The van der Waals surface area contributed by atoms with Crippen LogP contribution in [0.4, 0.5) is 0 Å². The molecule has 1 aliphatic carbocycles. The standard InChI is InChI=1S/C16H20Cl2N2O3S2/c1-9-5-12(17)10(2)15(14(9)18)25(22,23)20-8-24-7-13(20)16(21)19-6-11-3-4-11/h5,11,13H,3-4,6-8H2,1-2H3,(H,19,21). The summed E-state index contributed by atoms with van der Waals surface area (Å²) in [5.74, 6) is 0.959. The summed E-state index contributed by atoms with van der Waals surface area (Å²) >= 11 is 13.9. The van der Waals surface area contributed by atoms with Crippen LogP contribution in [0.1, 0.15) is 24.0 Å². The molecule has 5 nitrogen and oxygen atoms in total. The molecule has 1 N–H and O–H groups in total. The zero-order chi connectivity index (χ0) is 18.4. The zero-order valence-electron chi connectivity index (χ0n) is 14.0. The van der Waals surface area contributed by atoms with Crippen molar-refractivity contribution in [3.05, 3.63) is 27.2 Å². The van der Waals surface area contributed by atoms with Gasteiger partial charge in [-0.05, 0) is 49.8 Å². The highest BCUT2D eigenvalue weighted by atomic mass is 35.5. The van der Waals surface area contributed by atoms with E-state index in [0.717, 1.165) is 12.8 Å². The van der Waals surface area contributed by atoms with Crippen LogP contribution in [0.15, 0.2) is 11.0 Å². The topological polar surface area (TPSA) is 66.5 Å². The SMILES string of the molecule is Cc1cc(Cl)c(C)c(S(=O)(=O)N2CSCC2C(=O)NCC2CC2)c1Cl. The summed E-state index contributed by atoms with van der Waals surface area (Å²) in [4.78, 5) is 12.5. The molecule has 1 amide bonds. The first-order valence-electron chi connectivity index (χ1n) is 8.06. The van der Waals surface area contributed by atoms with Crippen molar-refractivity contribution in [3.63, 3.8) is 0 Å². The molecule has 25 heavy (non-hydrogen) atoms. The van der Waals surface area contributed by atoms with Gasteiger partial charge < -0.3 is 5.32 Å². The number of halogens is 2. The van der Waals surface area contributed by atoms with Crippen LogP contribution in [0, 0.1) is 19.8 Å². The molecular weight excluding hydrogens is 403 g/mol. The predicted molar refractivity (Wildman–Crippen MR) is 102 cm³/mol. The van der Waals surface area contributed by atoms with Crippen LogP contribution in [0.3, 0.4) is 0 Å². The molecule has 1 atom stereocenters. The van der Waals surface area contributed by atoms with E-state index in [1.54, 1.807) is 19.9 Å². The molecule has 0 spiro atoms. The first kappa shape index (κ1) is 19.3. The lowest BCUT2D eigenvalue weighted by Crippen LogP contribution is -2.47. The third-order valence-corrected chi connectivity index (χ3v) is 8.76. The number of carbonyl (C=O) groups is 1. The summed E-state index contributed by atoms with van der Waals surface area (Å²) in [7, 11) is -3.93. The van der Waals surface area contributed by atoms with Crippen molar-refractivity contribution in [2.75, 3.05) is 18.2 Å². The molecule has 1 aromatic carbocycles. The molecule has 2 aliphatic rings. The van der Waals surface area contributed by atoms with Crippen LogP contribution in [0.2, 0.25) is 10.0 Å². The van der Waals surface area contributed by atoms with Crippen molar-refractivity contribution in [2.24, 2.45) is 5.92 Å². The fraction of sp³-hybridized carbons (Fsp3) is 0.562. The van der Waals surface area contributed by atoms with Crippen molar-refractivity contribution in [1.82, 2.24) is 9.62 Å². The van der Waals surface area contributed by atoms with E-state index < -0.39 is 16.1 Å². The molecule has 0 bridgehead atoms. The highest BCUT2D eigenvalue weighted by molar-refractivity contribution is 8.00. The number of hydrogen-bond donors (Lipinski definition) is 1. The van der Waals surface area contributed by atoms with E-state index in [-0.39, 0.29) is 21.7 Å². The van der Waals surface area contributed by atoms with Gasteiger partial charge in [0.15, 0.2) is 0 Å². The van der Waals surface area contributed by atoms with Crippen molar-refractivity contribution >= 4 is 50.9 Å². The number of aryl methyl sites for hydroxylation is 1. The van der Waals surface area contributed by atoms with Crippen LogP contribution >= 0.6 is 35.0 Å². The van der Waals surface area contributed by atoms with Gasteiger partial charge in [0.25, 0.3) is 0 Å². The van der Waals surface area contributed by atoms with Crippen molar-refractivity contribution in [3.8, 4) is 0 Å². The van der Waals surface area contributed by atoms with Crippen LogP contribution in [0.5, 0.6) is 0 Å². The monoisotopic (exact) mass is 422 g/mol. The van der Waals surface area contributed by atoms with Gasteiger partial charge in [0, 0.05) is 17.3 Å². The minimum Gasteiger partial charge on any atom is -0.354 e. The number of amides is 1. The first-order valence-corrected chi connectivity index (χ1v) is 11.4. The summed E-state index contributed by atoms with van der Waals surface area (Å²) < 4.78 is 27.7.